The van der Waals surface area contributed by atoms with Crippen molar-refractivity contribution in [1.29, 1.82) is 0 Å². The molecule has 2 rings (SSSR count). The monoisotopic (exact) mass is 273 g/mol. The molecule has 0 spiro atoms. The highest BCUT2D eigenvalue weighted by Crippen LogP contribution is 2.23. The molecule has 4 nitrogen and oxygen atoms in total. The normalized spacial score (nSPS) is 10.7. The number of hydrogen-bond donors (Lipinski definition) is 1. The Morgan fingerprint density at radius 1 is 1.35 bits per heavy atom. The molecule has 1 aromatic carbocycles. The quantitative estimate of drug-likeness (QED) is 0.867. The van der Waals surface area contributed by atoms with Gasteiger partial charge >= 0.3 is 5.97 Å². The molecular formula is C15H12FNO3. The van der Waals surface area contributed by atoms with Crippen molar-refractivity contribution < 1.29 is 19.0 Å². The van der Waals surface area contributed by atoms with E-state index in [9.17, 15) is 9.18 Å². The van der Waals surface area contributed by atoms with Crippen molar-refractivity contribution in [3.63, 3.8) is 0 Å². The van der Waals surface area contributed by atoms with Gasteiger partial charge in [0.05, 0.1) is 0 Å². The molecule has 0 aliphatic carbocycles. The zero-order valence-electron chi connectivity index (χ0n) is 10.7. The largest absolute Gasteiger partial charge is 0.478 e. The second kappa shape index (κ2) is 5.97. The van der Waals surface area contributed by atoms with Crippen molar-refractivity contribution in [2.75, 3.05) is 0 Å². The standard InChI is InChI=1S/C15H12FNO3/c1-10-8-11(2-7-14(18)19)9-17-15(10)20-13-5-3-12(16)4-6-13/h2-9H,1H3,(H,18,19)/b7-2+. The Hall–Kier alpha value is -2.69. The zero-order chi connectivity index (χ0) is 14.5. The fourth-order valence-corrected chi connectivity index (χ4v) is 1.56. The molecule has 1 aromatic heterocycles. The summed E-state index contributed by atoms with van der Waals surface area (Å²) in [6.45, 7) is 1.80. The number of pyridine rings is 1. The number of aryl methyl sites for hydroxylation is 1. The maximum atomic E-state index is 12.8. The number of carboxylic acid groups (broad SMARTS) is 1. The predicted octanol–water partition coefficient (Wildman–Crippen LogP) is 3.42. The molecule has 0 amide bonds. The van der Waals surface area contributed by atoms with Gasteiger partial charge in [-0.25, -0.2) is 14.2 Å². The molecule has 0 fully saturated rings. The number of ether oxygens (including phenoxy) is 1. The minimum atomic E-state index is -1.02. The SMILES string of the molecule is Cc1cc(/C=C/C(=O)O)cnc1Oc1ccc(F)cc1. The van der Waals surface area contributed by atoms with Crippen LogP contribution in [-0.2, 0) is 4.79 Å². The van der Waals surface area contributed by atoms with E-state index in [4.69, 9.17) is 9.84 Å². The molecule has 0 aliphatic rings. The van der Waals surface area contributed by atoms with E-state index in [2.05, 4.69) is 4.98 Å². The van der Waals surface area contributed by atoms with Gasteiger partial charge in [-0.3, -0.25) is 0 Å². The van der Waals surface area contributed by atoms with Crippen LogP contribution >= 0.6 is 0 Å². The smallest absolute Gasteiger partial charge is 0.328 e. The van der Waals surface area contributed by atoms with E-state index >= 15 is 0 Å². The van der Waals surface area contributed by atoms with Crippen LogP contribution in [0.15, 0.2) is 42.6 Å². The van der Waals surface area contributed by atoms with Crippen LogP contribution in [0, 0.1) is 12.7 Å². The van der Waals surface area contributed by atoms with E-state index in [1.165, 1.54) is 36.5 Å². The Labute approximate surface area is 115 Å². The summed E-state index contributed by atoms with van der Waals surface area (Å²) in [5, 5.41) is 8.55. The third kappa shape index (κ3) is 3.65. The van der Waals surface area contributed by atoms with Crippen LogP contribution < -0.4 is 4.74 Å². The number of nitrogens with zero attached hydrogens (tertiary/aromatic N) is 1. The maximum absolute atomic E-state index is 12.8. The lowest BCUT2D eigenvalue weighted by molar-refractivity contribution is -0.131. The Morgan fingerprint density at radius 2 is 2.05 bits per heavy atom. The number of aliphatic carboxylic acids is 1. The average Bonchev–Trinajstić information content (AvgIpc) is 2.41. The van der Waals surface area contributed by atoms with Crippen molar-refractivity contribution >= 4 is 12.0 Å². The molecular weight excluding hydrogens is 261 g/mol. The van der Waals surface area contributed by atoms with Crippen molar-refractivity contribution in [1.82, 2.24) is 4.98 Å². The number of carbonyl (C=O) groups is 1. The summed E-state index contributed by atoms with van der Waals surface area (Å²) in [4.78, 5) is 14.5. The van der Waals surface area contributed by atoms with Crippen LogP contribution in [0.25, 0.3) is 6.08 Å². The number of benzene rings is 1. The molecule has 0 unspecified atom stereocenters. The molecule has 1 heterocycles. The number of halogens is 1. The van der Waals surface area contributed by atoms with Crippen molar-refractivity contribution in [2.45, 2.75) is 6.92 Å². The topological polar surface area (TPSA) is 59.4 Å². The first-order chi connectivity index (χ1) is 9.54. The van der Waals surface area contributed by atoms with Gasteiger partial charge < -0.3 is 9.84 Å². The van der Waals surface area contributed by atoms with E-state index in [1.807, 2.05) is 0 Å². The summed E-state index contributed by atoms with van der Waals surface area (Å²) in [7, 11) is 0. The van der Waals surface area contributed by atoms with E-state index in [0.29, 0.717) is 17.2 Å². The summed E-state index contributed by atoms with van der Waals surface area (Å²) in [5.41, 5.74) is 1.42. The first-order valence-corrected chi connectivity index (χ1v) is 5.85. The molecule has 2 aromatic rings. The van der Waals surface area contributed by atoms with Gasteiger partial charge in [0, 0.05) is 17.8 Å². The number of hydrogen-bond acceptors (Lipinski definition) is 3. The van der Waals surface area contributed by atoms with E-state index in [1.54, 1.807) is 13.0 Å². The Kier molecular flexibility index (Phi) is 4.10. The minimum absolute atomic E-state index is 0.337. The molecule has 0 atom stereocenters. The third-order valence-corrected chi connectivity index (χ3v) is 2.50. The highest BCUT2D eigenvalue weighted by atomic mass is 19.1. The molecule has 0 bridgehead atoms. The molecule has 1 N–H and O–H groups in total. The van der Waals surface area contributed by atoms with Crippen LogP contribution in [0.2, 0.25) is 0 Å². The summed E-state index contributed by atoms with van der Waals surface area (Å²) in [5.74, 6) is -0.481. The van der Waals surface area contributed by atoms with Gasteiger partial charge in [0.15, 0.2) is 0 Å². The predicted molar refractivity (Wildman–Crippen MR) is 72.1 cm³/mol. The van der Waals surface area contributed by atoms with Gasteiger partial charge in [0.1, 0.15) is 11.6 Å². The van der Waals surface area contributed by atoms with Gasteiger partial charge in [0.25, 0.3) is 0 Å². The zero-order valence-corrected chi connectivity index (χ0v) is 10.7. The van der Waals surface area contributed by atoms with Crippen molar-refractivity contribution in [3.05, 3.63) is 59.5 Å². The van der Waals surface area contributed by atoms with Crippen molar-refractivity contribution in [3.8, 4) is 11.6 Å². The van der Waals surface area contributed by atoms with E-state index < -0.39 is 5.97 Å². The van der Waals surface area contributed by atoms with E-state index in [-0.39, 0.29) is 5.82 Å². The molecule has 0 saturated carbocycles. The Morgan fingerprint density at radius 3 is 2.65 bits per heavy atom. The maximum Gasteiger partial charge on any atom is 0.328 e. The van der Waals surface area contributed by atoms with Crippen molar-refractivity contribution in [2.24, 2.45) is 0 Å². The highest BCUT2D eigenvalue weighted by Gasteiger charge is 2.04. The van der Waals surface area contributed by atoms with Crippen LogP contribution in [0.5, 0.6) is 11.6 Å². The molecule has 0 saturated heterocycles. The van der Waals surface area contributed by atoms with Crippen LogP contribution in [-0.4, -0.2) is 16.1 Å². The molecule has 0 radical (unpaired) electrons. The lowest BCUT2D eigenvalue weighted by Gasteiger charge is -2.07. The molecule has 20 heavy (non-hydrogen) atoms. The summed E-state index contributed by atoms with van der Waals surface area (Å²) < 4.78 is 18.3. The van der Waals surface area contributed by atoms with Crippen LogP contribution in [0.4, 0.5) is 4.39 Å². The minimum Gasteiger partial charge on any atom is -0.478 e. The second-order valence-electron chi connectivity index (χ2n) is 4.12. The third-order valence-electron chi connectivity index (χ3n) is 2.50. The fourth-order valence-electron chi connectivity index (χ4n) is 1.56. The van der Waals surface area contributed by atoms with Crippen LogP contribution in [0.1, 0.15) is 11.1 Å². The summed E-state index contributed by atoms with van der Waals surface area (Å²) >= 11 is 0. The second-order valence-corrected chi connectivity index (χ2v) is 4.12. The average molecular weight is 273 g/mol. The molecule has 0 aliphatic heterocycles. The lowest BCUT2D eigenvalue weighted by atomic mass is 10.2. The van der Waals surface area contributed by atoms with Crippen LogP contribution in [0.3, 0.4) is 0 Å². The van der Waals surface area contributed by atoms with E-state index in [0.717, 1.165) is 11.6 Å². The lowest BCUT2D eigenvalue weighted by Crippen LogP contribution is -1.93. The number of aromatic nitrogens is 1. The fraction of sp³-hybridized carbons (Fsp3) is 0.0667. The molecule has 5 heteroatoms. The first-order valence-electron chi connectivity index (χ1n) is 5.85. The van der Waals surface area contributed by atoms with Gasteiger partial charge in [-0.1, -0.05) is 0 Å². The first kappa shape index (κ1) is 13.7. The van der Waals surface area contributed by atoms with Gasteiger partial charge in [0.2, 0.25) is 5.88 Å². The Bertz CT molecular complexity index is 651. The summed E-state index contributed by atoms with van der Waals surface area (Å²) in [6.07, 6.45) is 3.99. The van der Waals surface area contributed by atoms with Gasteiger partial charge in [-0.15, -0.1) is 0 Å². The van der Waals surface area contributed by atoms with Gasteiger partial charge in [-0.05, 0) is 48.9 Å². The van der Waals surface area contributed by atoms with Gasteiger partial charge in [-0.2, -0.15) is 0 Å². The Balaban J connectivity index is 2.17. The highest BCUT2D eigenvalue weighted by molar-refractivity contribution is 5.85. The molecule has 102 valence electrons. The number of rotatable bonds is 4. The summed E-state index contributed by atoms with van der Waals surface area (Å²) in [6, 6.07) is 7.37. The number of carboxylic acids is 1.